The van der Waals surface area contributed by atoms with Crippen molar-refractivity contribution in [2.75, 3.05) is 0 Å². The Bertz CT molecular complexity index is 741. The van der Waals surface area contributed by atoms with Crippen molar-refractivity contribution in [3.05, 3.63) is 11.6 Å². The van der Waals surface area contributed by atoms with Gasteiger partial charge in [-0.05, 0) is 104 Å². The minimum absolute atomic E-state index is 0.114. The third-order valence-corrected chi connectivity index (χ3v) is 10.3. The maximum atomic E-state index is 13.8. The molecule has 30 heavy (non-hydrogen) atoms. The predicted octanol–water partition coefficient (Wildman–Crippen LogP) is 5.24. The minimum Gasteiger partial charge on any atom is -0.481 e. The molecule has 4 saturated carbocycles. The average molecular weight is 417 g/mol. The number of carbonyl (C=O) groups is 2. The third kappa shape index (κ3) is 3.20. The first-order valence-electron chi connectivity index (χ1n) is 12.2. The Morgan fingerprint density at radius 3 is 2.47 bits per heavy atom. The zero-order valence-corrected chi connectivity index (χ0v) is 19.2. The number of rotatable bonds is 4. The third-order valence-electron chi connectivity index (χ3n) is 10.3. The molecular weight excluding hydrogens is 376 g/mol. The van der Waals surface area contributed by atoms with Crippen LogP contribution in [0.1, 0.15) is 85.5 Å². The number of allylic oxidation sites excluding steroid dienone is 2. The fourth-order valence-corrected chi connectivity index (χ4v) is 8.72. The normalized spacial score (nSPS) is 48.0. The Kier molecular flexibility index (Phi) is 5.70. The minimum atomic E-state index is -0.705. The van der Waals surface area contributed by atoms with Gasteiger partial charge in [0, 0.05) is 12.3 Å². The number of hydrogen-bond donors (Lipinski definition) is 2. The molecule has 4 aliphatic rings. The second-order valence-corrected chi connectivity index (χ2v) is 11.5. The fourth-order valence-electron chi connectivity index (χ4n) is 8.72. The summed E-state index contributed by atoms with van der Waals surface area (Å²) in [6, 6.07) is 0. The predicted molar refractivity (Wildman–Crippen MR) is 117 cm³/mol. The van der Waals surface area contributed by atoms with Crippen molar-refractivity contribution in [2.24, 2.45) is 46.3 Å². The van der Waals surface area contributed by atoms with E-state index in [1.165, 1.54) is 0 Å². The van der Waals surface area contributed by atoms with Crippen LogP contribution in [0.3, 0.4) is 0 Å². The van der Waals surface area contributed by atoms with Crippen molar-refractivity contribution in [1.82, 2.24) is 0 Å². The van der Waals surface area contributed by atoms with Gasteiger partial charge in [0.1, 0.15) is 0 Å². The number of carbonyl (C=O) groups excluding carboxylic acids is 1. The zero-order valence-electron chi connectivity index (χ0n) is 19.2. The molecule has 0 aromatic rings. The van der Waals surface area contributed by atoms with Gasteiger partial charge in [0.25, 0.3) is 0 Å². The molecule has 4 fully saturated rings. The van der Waals surface area contributed by atoms with Gasteiger partial charge in [0.2, 0.25) is 0 Å². The molecule has 2 N–H and O–H groups in total. The Morgan fingerprint density at radius 1 is 1.13 bits per heavy atom. The number of fused-ring (bicyclic) bond motifs is 5. The van der Waals surface area contributed by atoms with Crippen molar-refractivity contribution >= 4 is 11.8 Å². The molecular formula is C26H40O4. The maximum Gasteiger partial charge on any atom is 0.303 e. The molecule has 1 unspecified atom stereocenters. The van der Waals surface area contributed by atoms with Crippen LogP contribution < -0.4 is 0 Å². The number of carboxylic acids is 1. The molecule has 0 bridgehead atoms. The Labute approximate surface area is 181 Å². The van der Waals surface area contributed by atoms with Crippen LogP contribution in [0.5, 0.6) is 0 Å². The molecule has 0 radical (unpaired) electrons. The van der Waals surface area contributed by atoms with Crippen molar-refractivity contribution in [3.8, 4) is 0 Å². The first-order chi connectivity index (χ1) is 14.1. The van der Waals surface area contributed by atoms with E-state index in [9.17, 15) is 14.7 Å². The summed E-state index contributed by atoms with van der Waals surface area (Å²) in [4.78, 5) is 24.9. The van der Waals surface area contributed by atoms with E-state index >= 15 is 0 Å². The molecule has 0 aromatic heterocycles. The van der Waals surface area contributed by atoms with E-state index in [1.54, 1.807) is 0 Å². The largest absolute Gasteiger partial charge is 0.481 e. The number of hydrogen-bond acceptors (Lipinski definition) is 3. The second kappa shape index (κ2) is 7.76. The lowest BCUT2D eigenvalue weighted by atomic mass is 9.43. The van der Waals surface area contributed by atoms with Crippen LogP contribution in [0.25, 0.3) is 0 Å². The monoisotopic (exact) mass is 416 g/mol. The lowest BCUT2D eigenvalue weighted by Crippen LogP contribution is -2.58. The van der Waals surface area contributed by atoms with E-state index in [0.717, 1.165) is 56.9 Å². The fraction of sp³-hybridized carbons (Fsp3) is 0.846. The zero-order chi connectivity index (χ0) is 21.8. The number of Topliss-reactive ketones (excluding diaryl/α,β-unsaturated/α-hetero) is 1. The molecule has 4 rings (SSSR count). The van der Waals surface area contributed by atoms with Gasteiger partial charge in [-0.25, -0.2) is 0 Å². The van der Waals surface area contributed by atoms with Crippen molar-refractivity contribution < 1.29 is 19.8 Å². The summed E-state index contributed by atoms with van der Waals surface area (Å²) in [5, 5.41) is 19.5. The van der Waals surface area contributed by atoms with Gasteiger partial charge in [-0.3, -0.25) is 9.59 Å². The van der Waals surface area contributed by atoms with Crippen LogP contribution in [-0.2, 0) is 9.59 Å². The SMILES string of the molecule is C/C=C1/C(=O)[C@@H]2[C@H](CC[C@]3(C)[C@@H](C(C)CCC(=O)O)CC[C@@H]23)[C@@]2(C)CC[C@@H](O)C[C@@H]12. The van der Waals surface area contributed by atoms with E-state index in [2.05, 4.69) is 20.8 Å². The summed E-state index contributed by atoms with van der Waals surface area (Å²) >= 11 is 0. The van der Waals surface area contributed by atoms with Crippen LogP contribution in [0.2, 0.25) is 0 Å². The number of ketones is 1. The first kappa shape index (κ1) is 22.0. The second-order valence-electron chi connectivity index (χ2n) is 11.5. The molecule has 168 valence electrons. The van der Waals surface area contributed by atoms with Crippen LogP contribution in [-0.4, -0.2) is 28.1 Å². The number of aliphatic carboxylic acids is 1. The molecule has 0 spiro atoms. The summed E-state index contributed by atoms with van der Waals surface area (Å²) in [5.41, 5.74) is 1.25. The van der Waals surface area contributed by atoms with Gasteiger partial charge < -0.3 is 10.2 Å². The molecule has 4 nitrogen and oxygen atoms in total. The van der Waals surface area contributed by atoms with Gasteiger partial charge >= 0.3 is 5.97 Å². The highest BCUT2D eigenvalue weighted by Crippen LogP contribution is 2.68. The van der Waals surface area contributed by atoms with Gasteiger partial charge in [0.15, 0.2) is 5.78 Å². The van der Waals surface area contributed by atoms with Crippen molar-refractivity contribution in [2.45, 2.75) is 91.6 Å². The van der Waals surface area contributed by atoms with Crippen LogP contribution in [0.15, 0.2) is 11.6 Å². The van der Waals surface area contributed by atoms with Gasteiger partial charge in [-0.1, -0.05) is 26.8 Å². The van der Waals surface area contributed by atoms with E-state index in [1.807, 2.05) is 13.0 Å². The smallest absolute Gasteiger partial charge is 0.303 e. The lowest BCUT2D eigenvalue weighted by Gasteiger charge is -2.61. The molecule has 0 aromatic carbocycles. The van der Waals surface area contributed by atoms with Crippen LogP contribution in [0.4, 0.5) is 0 Å². The number of aliphatic hydroxyl groups excluding tert-OH is 1. The summed E-state index contributed by atoms with van der Waals surface area (Å²) in [6.07, 6.45) is 9.86. The summed E-state index contributed by atoms with van der Waals surface area (Å²) < 4.78 is 0. The Hall–Kier alpha value is -1.16. The molecule has 4 aliphatic carbocycles. The molecule has 0 aliphatic heterocycles. The van der Waals surface area contributed by atoms with Crippen molar-refractivity contribution in [1.29, 1.82) is 0 Å². The molecule has 9 atom stereocenters. The Balaban J connectivity index is 1.64. The highest BCUT2D eigenvalue weighted by Gasteiger charge is 2.64. The average Bonchev–Trinajstić information content (AvgIpc) is 3.05. The summed E-state index contributed by atoms with van der Waals surface area (Å²) in [5.74, 6) is 1.74. The Morgan fingerprint density at radius 2 is 1.80 bits per heavy atom. The van der Waals surface area contributed by atoms with Crippen LogP contribution in [0, 0.1) is 46.3 Å². The molecule has 0 saturated heterocycles. The highest BCUT2D eigenvalue weighted by atomic mass is 16.4. The molecule has 0 heterocycles. The summed E-state index contributed by atoms with van der Waals surface area (Å²) in [7, 11) is 0. The van der Waals surface area contributed by atoms with Crippen molar-refractivity contribution in [3.63, 3.8) is 0 Å². The van der Waals surface area contributed by atoms with Gasteiger partial charge in [-0.2, -0.15) is 0 Å². The van der Waals surface area contributed by atoms with Crippen LogP contribution >= 0.6 is 0 Å². The van der Waals surface area contributed by atoms with E-state index in [-0.39, 0.29) is 35.2 Å². The molecule has 0 amide bonds. The number of aliphatic hydroxyl groups is 1. The maximum absolute atomic E-state index is 13.8. The van der Waals surface area contributed by atoms with E-state index in [0.29, 0.717) is 29.5 Å². The quantitative estimate of drug-likeness (QED) is 0.614. The highest BCUT2D eigenvalue weighted by molar-refractivity contribution is 5.99. The van der Waals surface area contributed by atoms with E-state index in [4.69, 9.17) is 5.11 Å². The lowest BCUT2D eigenvalue weighted by molar-refractivity contribution is -0.150. The van der Waals surface area contributed by atoms with Gasteiger partial charge in [0.05, 0.1) is 6.10 Å². The topological polar surface area (TPSA) is 74.6 Å². The first-order valence-corrected chi connectivity index (χ1v) is 12.2. The van der Waals surface area contributed by atoms with Gasteiger partial charge in [-0.15, -0.1) is 0 Å². The number of carboxylic acid groups (broad SMARTS) is 1. The van der Waals surface area contributed by atoms with E-state index < -0.39 is 5.97 Å². The molecule has 4 heteroatoms. The summed E-state index contributed by atoms with van der Waals surface area (Å²) in [6.45, 7) is 9.04. The standard InChI is InChI=1S/C26H40O4/c1-5-17-21-14-16(27)10-12-26(21,4)20-11-13-25(3)18(15(2)6-9-22(28)29)7-8-19(25)23(20)24(17)30/h5,15-16,18-21,23,27H,6-14H2,1-4H3,(H,28,29)/b17-5+/t15?,16-,18-,19+,20+,21+,23+,25-,26-/m1/s1.